The monoisotopic (exact) mass is 228 g/mol. The summed E-state index contributed by atoms with van der Waals surface area (Å²) in [6.45, 7) is 3.26. The Balaban J connectivity index is 2.55. The largest absolute Gasteiger partial charge is 0.497 e. The van der Waals surface area contributed by atoms with Crippen LogP contribution in [0.5, 0.6) is 0 Å². The molecule has 1 aliphatic heterocycles. The molecule has 5 heteroatoms. The summed E-state index contributed by atoms with van der Waals surface area (Å²) in [4.78, 5) is 21.9. The molecule has 0 aromatic carbocycles. The van der Waals surface area contributed by atoms with Crippen molar-refractivity contribution in [2.75, 3.05) is 7.11 Å². The predicted molar refractivity (Wildman–Crippen MR) is 55.4 cm³/mol. The third-order valence-corrected chi connectivity index (χ3v) is 2.34. The van der Waals surface area contributed by atoms with Crippen molar-refractivity contribution in [1.82, 2.24) is 0 Å². The molecule has 0 aromatic heterocycles. The summed E-state index contributed by atoms with van der Waals surface area (Å²) in [5.74, 6) is -0.269. The lowest BCUT2D eigenvalue weighted by Crippen LogP contribution is -2.24. The lowest BCUT2D eigenvalue weighted by molar-refractivity contribution is -0.149. The van der Waals surface area contributed by atoms with E-state index >= 15 is 0 Å². The van der Waals surface area contributed by atoms with Gasteiger partial charge in [-0.1, -0.05) is 6.92 Å². The number of esters is 2. The topological polar surface area (TPSA) is 61.8 Å². The van der Waals surface area contributed by atoms with Crippen LogP contribution in [0.3, 0.4) is 0 Å². The minimum Gasteiger partial charge on any atom is -0.497 e. The first-order valence-corrected chi connectivity index (χ1v) is 5.20. The van der Waals surface area contributed by atoms with Crippen LogP contribution in [-0.4, -0.2) is 31.3 Å². The maximum Gasteiger partial charge on any atom is 0.335 e. The quantitative estimate of drug-likeness (QED) is 0.661. The Hall–Kier alpha value is -1.52. The molecule has 0 N–H and O–H groups in total. The number of ether oxygens (including phenoxy) is 3. The molecule has 0 radical (unpaired) electrons. The van der Waals surface area contributed by atoms with Gasteiger partial charge in [0.05, 0.1) is 13.2 Å². The average molecular weight is 228 g/mol. The highest BCUT2D eigenvalue weighted by atomic mass is 16.6. The van der Waals surface area contributed by atoms with Gasteiger partial charge in [0, 0.05) is 13.3 Å². The zero-order valence-electron chi connectivity index (χ0n) is 9.69. The molecule has 0 saturated carbocycles. The number of carbonyl (C=O) groups is 2. The van der Waals surface area contributed by atoms with Crippen LogP contribution in [0.1, 0.15) is 26.7 Å². The van der Waals surface area contributed by atoms with E-state index < -0.39 is 12.1 Å². The predicted octanol–water partition coefficient (Wildman–Crippen LogP) is 1.17. The van der Waals surface area contributed by atoms with E-state index in [4.69, 9.17) is 14.2 Å². The van der Waals surface area contributed by atoms with Crippen LogP contribution in [0.4, 0.5) is 0 Å². The van der Waals surface area contributed by atoms with Crippen molar-refractivity contribution in [2.24, 2.45) is 0 Å². The summed E-state index contributed by atoms with van der Waals surface area (Å²) in [5, 5.41) is 0. The van der Waals surface area contributed by atoms with Gasteiger partial charge >= 0.3 is 11.9 Å². The number of rotatable bonds is 5. The second kappa shape index (κ2) is 5.53. The molecule has 90 valence electrons. The third-order valence-electron chi connectivity index (χ3n) is 2.34. The van der Waals surface area contributed by atoms with Crippen LogP contribution in [0.15, 0.2) is 11.8 Å². The molecule has 1 rings (SSSR count). The van der Waals surface area contributed by atoms with Crippen molar-refractivity contribution in [3.63, 3.8) is 0 Å². The summed E-state index contributed by atoms with van der Waals surface area (Å²) in [7, 11) is 1.48. The van der Waals surface area contributed by atoms with Gasteiger partial charge in [-0.3, -0.25) is 4.79 Å². The Morgan fingerprint density at radius 1 is 1.62 bits per heavy atom. The standard InChI is InChI=1S/C11H16O5/c1-4-8(15-7(2)12)5-10-9(14-3)6-11(13)16-10/h6,8,10H,4-5H2,1-3H3/t8-,10?/m0/s1. The fourth-order valence-corrected chi connectivity index (χ4v) is 1.57. The van der Waals surface area contributed by atoms with Crippen molar-refractivity contribution in [3.8, 4) is 0 Å². The van der Waals surface area contributed by atoms with Crippen LogP contribution in [-0.2, 0) is 23.8 Å². The van der Waals surface area contributed by atoms with Gasteiger partial charge in [0.2, 0.25) is 0 Å². The van der Waals surface area contributed by atoms with Crippen LogP contribution >= 0.6 is 0 Å². The molecule has 0 fully saturated rings. The van der Waals surface area contributed by atoms with E-state index in [-0.39, 0.29) is 12.1 Å². The Labute approximate surface area is 94.4 Å². The highest BCUT2D eigenvalue weighted by Gasteiger charge is 2.30. The van der Waals surface area contributed by atoms with E-state index in [0.717, 1.165) is 0 Å². The Kier molecular flexibility index (Phi) is 4.34. The average Bonchev–Trinajstić information content (AvgIpc) is 2.57. The third kappa shape index (κ3) is 3.25. The van der Waals surface area contributed by atoms with Gasteiger partial charge in [0.25, 0.3) is 0 Å². The molecule has 0 bridgehead atoms. The SMILES string of the molecule is CC[C@@H](CC1OC(=O)C=C1OC)OC(C)=O. The highest BCUT2D eigenvalue weighted by Crippen LogP contribution is 2.22. The Morgan fingerprint density at radius 3 is 2.81 bits per heavy atom. The van der Waals surface area contributed by atoms with Gasteiger partial charge in [0.1, 0.15) is 11.9 Å². The maximum absolute atomic E-state index is 11.0. The lowest BCUT2D eigenvalue weighted by atomic mass is 10.1. The number of methoxy groups -OCH3 is 1. The smallest absolute Gasteiger partial charge is 0.335 e. The molecule has 0 saturated heterocycles. The van der Waals surface area contributed by atoms with E-state index in [2.05, 4.69) is 0 Å². The van der Waals surface area contributed by atoms with Crippen LogP contribution < -0.4 is 0 Å². The number of carbonyl (C=O) groups excluding carboxylic acids is 2. The van der Waals surface area contributed by atoms with E-state index in [1.807, 2.05) is 6.92 Å². The van der Waals surface area contributed by atoms with Crippen molar-refractivity contribution in [2.45, 2.75) is 38.9 Å². The fraction of sp³-hybridized carbons (Fsp3) is 0.636. The minimum atomic E-state index is -0.443. The zero-order chi connectivity index (χ0) is 12.1. The molecular weight excluding hydrogens is 212 g/mol. The number of cyclic esters (lactones) is 1. The van der Waals surface area contributed by atoms with Gasteiger partial charge < -0.3 is 14.2 Å². The normalized spacial score (nSPS) is 21.1. The van der Waals surface area contributed by atoms with E-state index in [9.17, 15) is 9.59 Å². The van der Waals surface area contributed by atoms with Gasteiger partial charge in [0.15, 0.2) is 6.10 Å². The van der Waals surface area contributed by atoms with Gasteiger partial charge in [-0.2, -0.15) is 0 Å². The van der Waals surface area contributed by atoms with Crippen LogP contribution in [0.2, 0.25) is 0 Å². The molecule has 2 atom stereocenters. The Morgan fingerprint density at radius 2 is 2.31 bits per heavy atom. The fourth-order valence-electron chi connectivity index (χ4n) is 1.57. The summed E-state index contributed by atoms with van der Waals surface area (Å²) in [6.07, 6.45) is 1.71. The highest BCUT2D eigenvalue weighted by molar-refractivity contribution is 5.85. The minimum absolute atomic E-state index is 0.257. The summed E-state index contributed by atoms with van der Waals surface area (Å²) in [5.41, 5.74) is 0. The Bertz CT molecular complexity index is 307. The van der Waals surface area contributed by atoms with Crippen molar-refractivity contribution < 1.29 is 23.8 Å². The molecular formula is C11H16O5. The first kappa shape index (κ1) is 12.5. The second-order valence-electron chi connectivity index (χ2n) is 3.55. The van der Waals surface area contributed by atoms with Crippen LogP contribution in [0.25, 0.3) is 0 Å². The van der Waals surface area contributed by atoms with Gasteiger partial charge in [-0.05, 0) is 6.42 Å². The van der Waals surface area contributed by atoms with Crippen LogP contribution in [0, 0.1) is 0 Å². The molecule has 0 aliphatic carbocycles. The maximum atomic E-state index is 11.0. The summed E-state index contributed by atoms with van der Waals surface area (Å²) < 4.78 is 15.1. The van der Waals surface area contributed by atoms with Crippen molar-refractivity contribution >= 4 is 11.9 Å². The van der Waals surface area contributed by atoms with E-state index in [0.29, 0.717) is 18.6 Å². The van der Waals surface area contributed by atoms with Crippen molar-refractivity contribution in [3.05, 3.63) is 11.8 Å². The molecule has 16 heavy (non-hydrogen) atoms. The first-order chi connectivity index (χ1) is 7.56. The molecule has 1 aliphatic rings. The lowest BCUT2D eigenvalue weighted by Gasteiger charge is -2.19. The molecule has 0 amide bonds. The summed E-state index contributed by atoms with van der Waals surface area (Å²) in [6, 6.07) is 0. The van der Waals surface area contributed by atoms with E-state index in [1.54, 1.807) is 0 Å². The molecule has 1 unspecified atom stereocenters. The van der Waals surface area contributed by atoms with Crippen molar-refractivity contribution in [1.29, 1.82) is 0 Å². The van der Waals surface area contributed by atoms with Gasteiger partial charge in [-0.25, -0.2) is 4.79 Å². The molecule has 5 nitrogen and oxygen atoms in total. The number of hydrogen-bond donors (Lipinski definition) is 0. The first-order valence-electron chi connectivity index (χ1n) is 5.20. The second-order valence-corrected chi connectivity index (χ2v) is 3.55. The van der Waals surface area contributed by atoms with E-state index in [1.165, 1.54) is 20.1 Å². The molecule has 0 spiro atoms. The number of hydrogen-bond acceptors (Lipinski definition) is 5. The van der Waals surface area contributed by atoms with Gasteiger partial charge in [-0.15, -0.1) is 0 Å². The summed E-state index contributed by atoms with van der Waals surface area (Å²) >= 11 is 0. The molecule has 1 heterocycles. The zero-order valence-corrected chi connectivity index (χ0v) is 9.69. The molecule has 0 aromatic rings.